The van der Waals surface area contributed by atoms with Crippen LogP contribution in [0.2, 0.25) is 5.02 Å². The Morgan fingerprint density at radius 1 is 1.00 bits per heavy atom. The third-order valence-corrected chi connectivity index (χ3v) is 5.43. The zero-order valence-corrected chi connectivity index (χ0v) is 18.0. The fourth-order valence-electron chi connectivity index (χ4n) is 2.88. The number of halogens is 2. The van der Waals surface area contributed by atoms with E-state index in [9.17, 15) is 14.0 Å². The molecule has 0 aliphatic rings. The van der Waals surface area contributed by atoms with Crippen molar-refractivity contribution in [2.75, 3.05) is 11.1 Å². The molecule has 0 bridgehead atoms. The molecule has 9 heteroatoms. The van der Waals surface area contributed by atoms with Gasteiger partial charge in [0.05, 0.1) is 17.0 Å². The summed E-state index contributed by atoms with van der Waals surface area (Å²) in [6, 6.07) is 19.4. The van der Waals surface area contributed by atoms with E-state index < -0.39 is 5.82 Å². The number of ketones is 1. The molecule has 0 atom stereocenters. The van der Waals surface area contributed by atoms with Crippen molar-refractivity contribution in [1.82, 2.24) is 10.2 Å². The van der Waals surface area contributed by atoms with E-state index in [1.807, 2.05) is 6.07 Å². The van der Waals surface area contributed by atoms with Gasteiger partial charge >= 0.3 is 0 Å². The molecule has 4 rings (SSSR count). The van der Waals surface area contributed by atoms with Gasteiger partial charge in [-0.15, -0.1) is 10.2 Å². The topological polar surface area (TPSA) is 85.1 Å². The summed E-state index contributed by atoms with van der Waals surface area (Å²) in [5, 5.41) is 10.9. The van der Waals surface area contributed by atoms with Crippen molar-refractivity contribution in [3.8, 4) is 11.5 Å². The second kappa shape index (κ2) is 9.76. The van der Waals surface area contributed by atoms with E-state index in [1.165, 1.54) is 18.2 Å². The number of rotatable bonds is 7. The maximum Gasteiger partial charge on any atom is 0.277 e. The standard InChI is InChI=1S/C23H15ClFN3O3S/c24-15-10-11-19(17(12-15)21(30)14-6-2-1-3-7-14)26-20(29)13-32-23-28-27-22(31-23)16-8-4-5-9-18(16)25/h1-12H,13H2,(H,26,29). The summed E-state index contributed by atoms with van der Waals surface area (Å²) in [5.74, 6) is -1.16. The summed E-state index contributed by atoms with van der Waals surface area (Å²) < 4.78 is 19.3. The molecule has 4 aromatic rings. The van der Waals surface area contributed by atoms with E-state index in [2.05, 4.69) is 15.5 Å². The lowest BCUT2D eigenvalue weighted by atomic mass is 10.0. The number of carbonyl (C=O) groups is 2. The second-order valence-electron chi connectivity index (χ2n) is 6.57. The van der Waals surface area contributed by atoms with Gasteiger partial charge in [-0.1, -0.05) is 65.8 Å². The number of carbonyl (C=O) groups excluding carboxylic acids is 2. The number of nitrogens with zero attached hydrogens (tertiary/aromatic N) is 2. The molecule has 0 aliphatic heterocycles. The van der Waals surface area contributed by atoms with Crippen molar-refractivity contribution >= 4 is 40.7 Å². The largest absolute Gasteiger partial charge is 0.411 e. The molecule has 0 saturated heterocycles. The highest BCUT2D eigenvalue weighted by Gasteiger charge is 2.18. The Hall–Kier alpha value is -3.49. The van der Waals surface area contributed by atoms with Crippen molar-refractivity contribution < 1.29 is 18.4 Å². The van der Waals surface area contributed by atoms with E-state index in [0.717, 1.165) is 11.8 Å². The van der Waals surface area contributed by atoms with Crippen LogP contribution in [0.3, 0.4) is 0 Å². The summed E-state index contributed by atoms with van der Waals surface area (Å²) in [6.45, 7) is 0. The normalized spacial score (nSPS) is 10.7. The van der Waals surface area contributed by atoms with Gasteiger partial charge in [0.25, 0.3) is 11.1 Å². The minimum Gasteiger partial charge on any atom is -0.411 e. The molecule has 1 heterocycles. The fourth-order valence-corrected chi connectivity index (χ4v) is 3.62. The lowest BCUT2D eigenvalue weighted by Gasteiger charge is -2.11. The van der Waals surface area contributed by atoms with Gasteiger partial charge in [-0.05, 0) is 30.3 Å². The van der Waals surface area contributed by atoms with Gasteiger partial charge in [0, 0.05) is 16.1 Å². The first-order valence-corrected chi connectivity index (χ1v) is 10.8. The smallest absolute Gasteiger partial charge is 0.277 e. The van der Waals surface area contributed by atoms with Crippen molar-refractivity contribution in [3.05, 3.63) is 94.8 Å². The first kappa shape index (κ1) is 21.7. The minimum atomic E-state index is -0.483. The van der Waals surface area contributed by atoms with E-state index in [1.54, 1.807) is 48.5 Å². The maximum absolute atomic E-state index is 13.9. The molecule has 0 fully saturated rings. The van der Waals surface area contributed by atoms with Gasteiger partial charge in [0.15, 0.2) is 5.78 Å². The molecule has 1 aromatic heterocycles. The minimum absolute atomic E-state index is 0.0273. The maximum atomic E-state index is 13.9. The van der Waals surface area contributed by atoms with Gasteiger partial charge in [-0.3, -0.25) is 9.59 Å². The zero-order valence-electron chi connectivity index (χ0n) is 16.4. The Morgan fingerprint density at radius 2 is 1.75 bits per heavy atom. The first-order chi connectivity index (χ1) is 15.5. The fraction of sp³-hybridized carbons (Fsp3) is 0.0435. The van der Waals surface area contributed by atoms with Crippen LogP contribution in [0.15, 0.2) is 82.4 Å². The van der Waals surface area contributed by atoms with Crippen LogP contribution in [0.1, 0.15) is 15.9 Å². The Morgan fingerprint density at radius 3 is 2.53 bits per heavy atom. The summed E-state index contributed by atoms with van der Waals surface area (Å²) >= 11 is 7.06. The van der Waals surface area contributed by atoms with Crippen molar-refractivity contribution in [1.29, 1.82) is 0 Å². The number of anilines is 1. The molecular weight excluding hydrogens is 453 g/mol. The molecule has 0 radical (unpaired) electrons. The van der Waals surface area contributed by atoms with Crippen LogP contribution in [0.4, 0.5) is 10.1 Å². The Bertz CT molecular complexity index is 1280. The van der Waals surface area contributed by atoms with Crippen LogP contribution in [0.5, 0.6) is 0 Å². The monoisotopic (exact) mass is 467 g/mol. The average molecular weight is 468 g/mol. The summed E-state index contributed by atoms with van der Waals surface area (Å²) in [6.07, 6.45) is 0. The molecule has 0 aliphatic carbocycles. The lowest BCUT2D eigenvalue weighted by Crippen LogP contribution is -2.17. The second-order valence-corrected chi connectivity index (χ2v) is 7.94. The van der Waals surface area contributed by atoms with Gasteiger partial charge in [-0.25, -0.2) is 4.39 Å². The van der Waals surface area contributed by atoms with Gasteiger partial charge in [-0.2, -0.15) is 0 Å². The molecule has 0 spiro atoms. The number of aromatic nitrogens is 2. The van der Waals surface area contributed by atoms with Crippen LogP contribution in [0, 0.1) is 5.82 Å². The predicted molar refractivity (Wildman–Crippen MR) is 120 cm³/mol. The number of hydrogen-bond donors (Lipinski definition) is 1. The highest BCUT2D eigenvalue weighted by Crippen LogP contribution is 2.26. The van der Waals surface area contributed by atoms with Crippen molar-refractivity contribution in [2.45, 2.75) is 5.22 Å². The molecular formula is C23H15ClFN3O3S. The molecule has 0 saturated carbocycles. The Labute approximate surface area is 191 Å². The van der Waals surface area contributed by atoms with Crippen LogP contribution in [-0.2, 0) is 4.79 Å². The highest BCUT2D eigenvalue weighted by atomic mass is 35.5. The van der Waals surface area contributed by atoms with Crippen LogP contribution < -0.4 is 5.32 Å². The summed E-state index contributed by atoms with van der Waals surface area (Å²) in [4.78, 5) is 25.4. The molecule has 32 heavy (non-hydrogen) atoms. The van der Waals surface area contributed by atoms with Crippen molar-refractivity contribution in [2.24, 2.45) is 0 Å². The zero-order chi connectivity index (χ0) is 22.5. The lowest BCUT2D eigenvalue weighted by molar-refractivity contribution is -0.113. The van der Waals surface area contributed by atoms with Crippen molar-refractivity contribution in [3.63, 3.8) is 0 Å². The molecule has 160 valence electrons. The SMILES string of the molecule is O=C(CSc1nnc(-c2ccccc2F)o1)Nc1ccc(Cl)cc1C(=O)c1ccccc1. The van der Waals surface area contributed by atoms with Crippen LogP contribution in [-0.4, -0.2) is 27.6 Å². The third-order valence-electron chi connectivity index (χ3n) is 4.37. The molecule has 1 N–H and O–H groups in total. The van der Waals surface area contributed by atoms with Crippen LogP contribution in [0.25, 0.3) is 11.5 Å². The molecule has 3 aromatic carbocycles. The number of thioether (sulfide) groups is 1. The van der Waals surface area contributed by atoms with Gasteiger partial charge < -0.3 is 9.73 Å². The van der Waals surface area contributed by atoms with E-state index in [-0.39, 0.29) is 39.7 Å². The Kier molecular flexibility index (Phi) is 6.63. The van der Waals surface area contributed by atoms with E-state index in [4.69, 9.17) is 16.0 Å². The number of nitrogens with one attached hydrogen (secondary N) is 1. The van der Waals surface area contributed by atoms with Gasteiger partial charge in [0.2, 0.25) is 5.91 Å². The molecule has 0 unspecified atom stereocenters. The highest BCUT2D eigenvalue weighted by molar-refractivity contribution is 7.99. The van der Waals surface area contributed by atoms with Crippen LogP contribution >= 0.6 is 23.4 Å². The summed E-state index contributed by atoms with van der Waals surface area (Å²) in [7, 11) is 0. The summed E-state index contributed by atoms with van der Waals surface area (Å²) in [5.41, 5.74) is 1.28. The number of hydrogen-bond acceptors (Lipinski definition) is 6. The number of amides is 1. The molecule has 6 nitrogen and oxygen atoms in total. The molecule has 1 amide bonds. The number of benzene rings is 3. The third kappa shape index (κ3) is 5.04. The quantitative estimate of drug-likeness (QED) is 0.286. The average Bonchev–Trinajstić information content (AvgIpc) is 3.28. The van der Waals surface area contributed by atoms with E-state index in [0.29, 0.717) is 16.3 Å². The van der Waals surface area contributed by atoms with E-state index >= 15 is 0 Å². The first-order valence-electron chi connectivity index (χ1n) is 9.41. The predicted octanol–water partition coefficient (Wildman–Crippen LogP) is 5.49. The Balaban J connectivity index is 1.44. The van der Waals surface area contributed by atoms with Gasteiger partial charge in [0.1, 0.15) is 5.82 Å².